The molecule has 0 aliphatic heterocycles. The van der Waals surface area contributed by atoms with Gasteiger partial charge in [0.05, 0.1) is 0 Å². The summed E-state index contributed by atoms with van der Waals surface area (Å²) in [6.07, 6.45) is 7.10. The van der Waals surface area contributed by atoms with Crippen LogP contribution in [0.1, 0.15) is 46.0 Å². The fraction of sp³-hybridized carbons (Fsp3) is 1.00. The maximum absolute atomic E-state index is 5.43. The second-order valence-corrected chi connectivity index (χ2v) is 4.25. The summed E-state index contributed by atoms with van der Waals surface area (Å²) in [5.41, 5.74) is 0. The van der Waals surface area contributed by atoms with Gasteiger partial charge in [-0.05, 0) is 25.8 Å². The molecule has 0 amide bonds. The molecule has 0 aromatic heterocycles. The van der Waals surface area contributed by atoms with Gasteiger partial charge in [-0.3, -0.25) is 5.14 Å². The van der Waals surface area contributed by atoms with Gasteiger partial charge in [-0.15, -0.1) is 0 Å². The number of hydrogen-bond donors (Lipinski definition) is 1. The molecular weight excluding hydrogens is 180 g/mol. The Hall–Kier alpha value is 0.270. The first kappa shape index (κ1) is 13.3. The van der Waals surface area contributed by atoms with E-state index >= 15 is 0 Å². The van der Waals surface area contributed by atoms with Crippen LogP contribution in [-0.2, 0) is 0 Å². The molecule has 80 valence electrons. The summed E-state index contributed by atoms with van der Waals surface area (Å²) in [5.74, 6) is 0.907. The van der Waals surface area contributed by atoms with Crippen LogP contribution >= 0.6 is 12.1 Å². The Kier molecular flexibility index (Phi) is 9.03. The van der Waals surface area contributed by atoms with E-state index in [1.807, 2.05) is 13.8 Å². The first-order valence-electron chi connectivity index (χ1n) is 5.41. The Morgan fingerprint density at radius 2 is 1.77 bits per heavy atom. The van der Waals surface area contributed by atoms with Gasteiger partial charge in [0.15, 0.2) is 0 Å². The molecule has 1 fully saturated rings. The number of nitrogens with zero attached hydrogens (tertiary/aromatic N) is 1. The van der Waals surface area contributed by atoms with Crippen molar-refractivity contribution < 1.29 is 0 Å². The lowest BCUT2D eigenvalue weighted by Crippen LogP contribution is -2.23. The second kappa shape index (κ2) is 8.85. The van der Waals surface area contributed by atoms with Crippen molar-refractivity contribution in [1.29, 1.82) is 0 Å². The normalized spacial score (nSPS) is 18.2. The molecule has 0 radical (unpaired) electrons. The predicted octanol–water partition coefficient (Wildman–Crippen LogP) is 3.05. The van der Waals surface area contributed by atoms with Crippen LogP contribution in [0.2, 0.25) is 0 Å². The average molecular weight is 204 g/mol. The van der Waals surface area contributed by atoms with Crippen LogP contribution in [0.3, 0.4) is 0 Å². The third-order valence-electron chi connectivity index (χ3n) is 2.42. The maximum atomic E-state index is 5.43. The van der Waals surface area contributed by atoms with E-state index < -0.39 is 0 Å². The van der Waals surface area contributed by atoms with Gasteiger partial charge in [0, 0.05) is 18.7 Å². The zero-order chi connectivity index (χ0) is 10.1. The van der Waals surface area contributed by atoms with E-state index in [0.29, 0.717) is 0 Å². The molecule has 0 unspecified atom stereocenters. The van der Waals surface area contributed by atoms with Crippen molar-refractivity contribution in [2.75, 3.05) is 13.6 Å². The van der Waals surface area contributed by atoms with E-state index in [4.69, 9.17) is 5.14 Å². The smallest absolute Gasteiger partial charge is 0.0126 e. The minimum Gasteiger partial charge on any atom is -0.264 e. The quantitative estimate of drug-likeness (QED) is 0.716. The summed E-state index contributed by atoms with van der Waals surface area (Å²) >= 11 is 1.35. The van der Waals surface area contributed by atoms with Crippen LogP contribution in [0, 0.1) is 5.92 Å². The van der Waals surface area contributed by atoms with Gasteiger partial charge in [0.1, 0.15) is 0 Å². The van der Waals surface area contributed by atoms with Gasteiger partial charge in [-0.2, -0.15) is 0 Å². The third kappa shape index (κ3) is 6.36. The molecule has 0 spiro atoms. The highest BCUT2D eigenvalue weighted by molar-refractivity contribution is 7.94. The van der Waals surface area contributed by atoms with Gasteiger partial charge >= 0.3 is 0 Å². The number of nitrogens with two attached hydrogens (primary N) is 1. The summed E-state index contributed by atoms with van der Waals surface area (Å²) in [6, 6.07) is 0. The standard InChI is InChI=1S/C8H18N2S.C2H6/c1-10(11-9)7-8-5-3-2-4-6-8;1-2/h8H,2-7,9H2,1H3;1-2H3. The molecule has 0 bridgehead atoms. The lowest BCUT2D eigenvalue weighted by Gasteiger charge is -2.24. The van der Waals surface area contributed by atoms with Crippen LogP contribution in [-0.4, -0.2) is 17.9 Å². The first-order valence-corrected chi connectivity index (χ1v) is 6.24. The molecule has 13 heavy (non-hydrogen) atoms. The fourth-order valence-corrected chi connectivity index (χ4v) is 2.07. The van der Waals surface area contributed by atoms with E-state index in [1.165, 1.54) is 50.8 Å². The molecule has 0 saturated heterocycles. The van der Waals surface area contributed by atoms with Crippen LogP contribution in [0.4, 0.5) is 0 Å². The largest absolute Gasteiger partial charge is 0.264 e. The summed E-state index contributed by atoms with van der Waals surface area (Å²) in [7, 11) is 2.07. The van der Waals surface area contributed by atoms with Crippen LogP contribution in [0.25, 0.3) is 0 Å². The van der Waals surface area contributed by atoms with Crippen molar-refractivity contribution in [2.24, 2.45) is 11.1 Å². The van der Waals surface area contributed by atoms with Crippen molar-refractivity contribution in [1.82, 2.24) is 4.31 Å². The molecule has 1 aliphatic carbocycles. The van der Waals surface area contributed by atoms with E-state index in [0.717, 1.165) is 5.92 Å². The Morgan fingerprint density at radius 1 is 1.23 bits per heavy atom. The average Bonchev–Trinajstić information content (AvgIpc) is 2.22. The maximum Gasteiger partial charge on any atom is 0.0126 e. The summed E-state index contributed by atoms with van der Waals surface area (Å²) in [6.45, 7) is 5.17. The zero-order valence-electron chi connectivity index (χ0n) is 9.25. The van der Waals surface area contributed by atoms with Crippen LogP contribution in [0.5, 0.6) is 0 Å². The van der Waals surface area contributed by atoms with Gasteiger partial charge in [0.2, 0.25) is 0 Å². The minimum atomic E-state index is 0.907. The molecular formula is C10H24N2S. The second-order valence-electron chi connectivity index (χ2n) is 3.42. The van der Waals surface area contributed by atoms with E-state index in [9.17, 15) is 0 Å². The summed E-state index contributed by atoms with van der Waals surface area (Å²) < 4.78 is 2.13. The fourth-order valence-electron chi connectivity index (χ4n) is 1.78. The molecule has 0 aromatic rings. The van der Waals surface area contributed by atoms with Gasteiger partial charge < -0.3 is 0 Å². The number of rotatable bonds is 3. The monoisotopic (exact) mass is 204 g/mol. The third-order valence-corrected chi connectivity index (χ3v) is 2.93. The van der Waals surface area contributed by atoms with Crippen molar-refractivity contribution >= 4 is 12.1 Å². The predicted molar refractivity (Wildman–Crippen MR) is 62.3 cm³/mol. The molecule has 2 nitrogen and oxygen atoms in total. The molecule has 3 heteroatoms. The Labute approximate surface area is 87.5 Å². The lowest BCUT2D eigenvalue weighted by atomic mass is 9.89. The van der Waals surface area contributed by atoms with Crippen molar-refractivity contribution in [3.63, 3.8) is 0 Å². The zero-order valence-corrected chi connectivity index (χ0v) is 10.1. The van der Waals surface area contributed by atoms with Crippen LogP contribution < -0.4 is 5.14 Å². The highest BCUT2D eigenvalue weighted by atomic mass is 32.2. The molecule has 0 atom stereocenters. The highest BCUT2D eigenvalue weighted by Crippen LogP contribution is 2.24. The van der Waals surface area contributed by atoms with E-state index in [2.05, 4.69) is 11.4 Å². The SMILES string of the molecule is CC.CN(CC1CCCCC1)SN. The summed E-state index contributed by atoms with van der Waals surface area (Å²) in [5, 5.41) is 5.43. The highest BCUT2D eigenvalue weighted by Gasteiger charge is 2.14. The molecule has 1 aliphatic rings. The van der Waals surface area contributed by atoms with E-state index in [1.54, 1.807) is 0 Å². The topological polar surface area (TPSA) is 29.3 Å². The van der Waals surface area contributed by atoms with Gasteiger partial charge in [-0.25, -0.2) is 4.31 Å². The van der Waals surface area contributed by atoms with Crippen molar-refractivity contribution in [3.05, 3.63) is 0 Å². The first-order chi connectivity index (χ1) is 6.33. The summed E-state index contributed by atoms with van der Waals surface area (Å²) in [4.78, 5) is 0. The van der Waals surface area contributed by atoms with Crippen LogP contribution in [0.15, 0.2) is 0 Å². The molecule has 1 saturated carbocycles. The molecule has 0 aromatic carbocycles. The Bertz CT molecular complexity index is 103. The van der Waals surface area contributed by atoms with Crippen molar-refractivity contribution in [3.8, 4) is 0 Å². The Morgan fingerprint density at radius 3 is 2.23 bits per heavy atom. The molecule has 0 heterocycles. The van der Waals surface area contributed by atoms with E-state index in [-0.39, 0.29) is 0 Å². The van der Waals surface area contributed by atoms with Gasteiger partial charge in [0.25, 0.3) is 0 Å². The molecule has 1 rings (SSSR count). The Balaban J connectivity index is 0.000000671. The number of hydrogen-bond acceptors (Lipinski definition) is 3. The lowest BCUT2D eigenvalue weighted by molar-refractivity contribution is 0.311. The minimum absolute atomic E-state index is 0.907. The van der Waals surface area contributed by atoms with Crippen molar-refractivity contribution in [2.45, 2.75) is 46.0 Å². The van der Waals surface area contributed by atoms with Gasteiger partial charge in [-0.1, -0.05) is 33.1 Å². The molecule has 2 N–H and O–H groups in total.